The quantitative estimate of drug-likeness (QED) is 0.433. The second-order valence-corrected chi connectivity index (χ2v) is 7.96. The van der Waals surface area contributed by atoms with E-state index in [0.717, 1.165) is 27.4 Å². The van der Waals surface area contributed by atoms with E-state index in [2.05, 4.69) is 10.3 Å². The standard InChI is InChI=1S/C24H23N3O5/c28-23(25-16-8-10-27(11-9-16)24(29)30)20-12-18-19(26-20)5-3-7-22(18)32-14-15-13-31-21-6-2-1-4-17(15)21/h1-7,12-13,16,26H,8-11,14H2,(H,25,28)(H,29,30). The highest BCUT2D eigenvalue weighted by Gasteiger charge is 2.24. The maximum absolute atomic E-state index is 12.8. The van der Waals surface area contributed by atoms with Crippen molar-refractivity contribution in [2.75, 3.05) is 13.1 Å². The first-order chi connectivity index (χ1) is 15.6. The molecule has 0 radical (unpaired) electrons. The number of nitrogens with zero attached hydrogens (tertiary/aromatic N) is 1. The summed E-state index contributed by atoms with van der Waals surface area (Å²) in [7, 11) is 0. The molecule has 1 saturated heterocycles. The number of aromatic nitrogens is 1. The summed E-state index contributed by atoms with van der Waals surface area (Å²) in [5.41, 5.74) is 3.04. The van der Waals surface area contributed by atoms with Gasteiger partial charge in [-0.3, -0.25) is 4.79 Å². The predicted molar refractivity (Wildman–Crippen MR) is 119 cm³/mol. The molecule has 1 aliphatic heterocycles. The van der Waals surface area contributed by atoms with Crippen LogP contribution in [0.15, 0.2) is 59.2 Å². The first-order valence-electron chi connectivity index (χ1n) is 10.6. The van der Waals surface area contributed by atoms with Crippen LogP contribution in [0.4, 0.5) is 4.79 Å². The molecule has 2 aromatic heterocycles. The molecule has 32 heavy (non-hydrogen) atoms. The van der Waals surface area contributed by atoms with Crippen molar-refractivity contribution < 1.29 is 23.8 Å². The lowest BCUT2D eigenvalue weighted by Gasteiger charge is -2.30. The molecular weight excluding hydrogens is 410 g/mol. The van der Waals surface area contributed by atoms with Crippen LogP contribution in [0.5, 0.6) is 5.75 Å². The van der Waals surface area contributed by atoms with Gasteiger partial charge in [0.15, 0.2) is 0 Å². The fraction of sp³-hybridized carbons (Fsp3) is 0.250. The Labute approximate surface area is 183 Å². The summed E-state index contributed by atoms with van der Waals surface area (Å²) in [5, 5.41) is 13.9. The third-order valence-electron chi connectivity index (χ3n) is 5.91. The van der Waals surface area contributed by atoms with Gasteiger partial charge in [-0.25, -0.2) is 4.79 Å². The molecule has 1 aliphatic rings. The minimum atomic E-state index is -0.915. The lowest BCUT2D eigenvalue weighted by molar-refractivity contribution is 0.0903. The molecule has 0 spiro atoms. The number of likely N-dealkylation sites (tertiary alicyclic amines) is 1. The molecule has 3 N–H and O–H groups in total. The lowest BCUT2D eigenvalue weighted by Crippen LogP contribution is -2.46. The molecule has 164 valence electrons. The molecule has 0 saturated carbocycles. The number of para-hydroxylation sites is 1. The minimum absolute atomic E-state index is 0.0467. The molecular formula is C24H23N3O5. The predicted octanol–water partition coefficient (Wildman–Crippen LogP) is 4.37. The Morgan fingerprint density at radius 3 is 2.75 bits per heavy atom. The number of H-pyrrole nitrogens is 1. The van der Waals surface area contributed by atoms with Gasteiger partial charge in [0.2, 0.25) is 0 Å². The molecule has 4 aromatic rings. The normalized spacial score (nSPS) is 14.7. The SMILES string of the molecule is O=C(NC1CCN(C(=O)O)CC1)c1cc2c(OCc3coc4ccccc34)cccc2[nH]1. The van der Waals surface area contributed by atoms with Gasteiger partial charge in [-0.2, -0.15) is 0 Å². The topological polar surface area (TPSA) is 108 Å². The number of amides is 2. The summed E-state index contributed by atoms with van der Waals surface area (Å²) in [6.45, 7) is 1.20. The number of aromatic amines is 1. The summed E-state index contributed by atoms with van der Waals surface area (Å²) in [5.74, 6) is 0.472. The Morgan fingerprint density at radius 2 is 1.94 bits per heavy atom. The van der Waals surface area contributed by atoms with Crippen LogP contribution >= 0.6 is 0 Å². The Hall–Kier alpha value is -3.94. The van der Waals surface area contributed by atoms with Gasteiger partial charge in [0.05, 0.1) is 6.26 Å². The third-order valence-corrected chi connectivity index (χ3v) is 5.91. The summed E-state index contributed by atoms with van der Waals surface area (Å²) in [6, 6.07) is 15.2. The number of nitrogens with one attached hydrogen (secondary N) is 2. The molecule has 8 nitrogen and oxygen atoms in total. The van der Waals surface area contributed by atoms with Crippen LogP contribution in [0.2, 0.25) is 0 Å². The highest BCUT2D eigenvalue weighted by molar-refractivity contribution is 5.99. The van der Waals surface area contributed by atoms with E-state index in [0.29, 0.717) is 44.0 Å². The number of hydrogen-bond donors (Lipinski definition) is 3. The van der Waals surface area contributed by atoms with Gasteiger partial charge in [-0.15, -0.1) is 0 Å². The zero-order valence-electron chi connectivity index (χ0n) is 17.3. The number of carboxylic acid groups (broad SMARTS) is 1. The molecule has 0 atom stereocenters. The van der Waals surface area contributed by atoms with Crippen molar-refractivity contribution in [3.8, 4) is 5.75 Å². The number of carbonyl (C=O) groups excluding carboxylic acids is 1. The fourth-order valence-electron chi connectivity index (χ4n) is 4.15. The van der Waals surface area contributed by atoms with E-state index in [1.54, 1.807) is 12.3 Å². The van der Waals surface area contributed by atoms with Gasteiger partial charge < -0.3 is 29.5 Å². The number of benzene rings is 2. The van der Waals surface area contributed by atoms with Crippen molar-refractivity contribution in [1.82, 2.24) is 15.2 Å². The molecule has 5 rings (SSSR count). The Balaban J connectivity index is 1.29. The zero-order valence-corrected chi connectivity index (χ0v) is 17.3. The number of fused-ring (bicyclic) bond motifs is 2. The Kier molecular flexibility index (Phi) is 5.18. The summed E-state index contributed by atoms with van der Waals surface area (Å²) >= 11 is 0. The second kappa shape index (κ2) is 8.30. The van der Waals surface area contributed by atoms with E-state index in [1.165, 1.54) is 4.90 Å². The van der Waals surface area contributed by atoms with E-state index < -0.39 is 6.09 Å². The number of hydrogen-bond acceptors (Lipinski definition) is 4. The molecule has 0 aliphatic carbocycles. The average molecular weight is 433 g/mol. The van der Waals surface area contributed by atoms with E-state index in [9.17, 15) is 9.59 Å². The number of piperidine rings is 1. The number of rotatable bonds is 5. The van der Waals surface area contributed by atoms with E-state index in [4.69, 9.17) is 14.3 Å². The summed E-state index contributed by atoms with van der Waals surface area (Å²) in [6.07, 6.45) is 1.99. The molecule has 3 heterocycles. The van der Waals surface area contributed by atoms with Crippen LogP contribution in [0.25, 0.3) is 21.9 Å². The van der Waals surface area contributed by atoms with Crippen molar-refractivity contribution in [3.63, 3.8) is 0 Å². The van der Waals surface area contributed by atoms with Crippen LogP contribution in [-0.4, -0.2) is 46.1 Å². The van der Waals surface area contributed by atoms with Crippen LogP contribution in [-0.2, 0) is 6.61 Å². The van der Waals surface area contributed by atoms with Crippen molar-refractivity contribution in [3.05, 3.63) is 66.1 Å². The molecule has 1 fully saturated rings. The fourth-order valence-corrected chi connectivity index (χ4v) is 4.15. The van der Waals surface area contributed by atoms with Crippen LogP contribution < -0.4 is 10.1 Å². The van der Waals surface area contributed by atoms with Crippen molar-refractivity contribution >= 4 is 33.9 Å². The maximum Gasteiger partial charge on any atom is 0.407 e. The highest BCUT2D eigenvalue weighted by atomic mass is 16.5. The van der Waals surface area contributed by atoms with Gasteiger partial charge in [-0.05, 0) is 37.1 Å². The van der Waals surface area contributed by atoms with Gasteiger partial charge in [0, 0.05) is 41.0 Å². The monoisotopic (exact) mass is 433 g/mol. The highest BCUT2D eigenvalue weighted by Crippen LogP contribution is 2.29. The van der Waals surface area contributed by atoms with Gasteiger partial charge >= 0.3 is 6.09 Å². The van der Waals surface area contributed by atoms with Crippen molar-refractivity contribution in [2.45, 2.75) is 25.5 Å². The molecule has 0 bridgehead atoms. The van der Waals surface area contributed by atoms with Crippen LogP contribution in [0, 0.1) is 0 Å². The van der Waals surface area contributed by atoms with Gasteiger partial charge in [0.1, 0.15) is 23.6 Å². The largest absolute Gasteiger partial charge is 0.488 e. The summed E-state index contributed by atoms with van der Waals surface area (Å²) < 4.78 is 11.7. The third kappa shape index (κ3) is 3.87. The van der Waals surface area contributed by atoms with Crippen LogP contribution in [0.1, 0.15) is 28.9 Å². The van der Waals surface area contributed by atoms with Crippen LogP contribution in [0.3, 0.4) is 0 Å². The first kappa shape index (κ1) is 20.0. The average Bonchev–Trinajstić information content (AvgIpc) is 3.43. The summed E-state index contributed by atoms with van der Waals surface area (Å²) in [4.78, 5) is 28.4. The number of furan rings is 1. The second-order valence-electron chi connectivity index (χ2n) is 7.96. The van der Waals surface area contributed by atoms with Crippen molar-refractivity contribution in [1.29, 1.82) is 0 Å². The zero-order chi connectivity index (χ0) is 22.1. The van der Waals surface area contributed by atoms with Crippen molar-refractivity contribution in [2.24, 2.45) is 0 Å². The maximum atomic E-state index is 12.8. The van der Waals surface area contributed by atoms with E-state index in [-0.39, 0.29) is 11.9 Å². The molecule has 2 amide bonds. The Morgan fingerprint density at radius 1 is 1.12 bits per heavy atom. The minimum Gasteiger partial charge on any atom is -0.488 e. The van der Waals surface area contributed by atoms with E-state index in [1.807, 2.05) is 42.5 Å². The molecule has 0 unspecified atom stereocenters. The van der Waals surface area contributed by atoms with Gasteiger partial charge in [-0.1, -0.05) is 24.3 Å². The Bertz CT molecular complexity index is 1280. The molecule has 8 heteroatoms. The number of ether oxygens (including phenoxy) is 1. The number of carbonyl (C=O) groups is 2. The molecule has 2 aromatic carbocycles. The first-order valence-corrected chi connectivity index (χ1v) is 10.6. The van der Waals surface area contributed by atoms with E-state index >= 15 is 0 Å². The lowest BCUT2D eigenvalue weighted by atomic mass is 10.1. The smallest absolute Gasteiger partial charge is 0.407 e. The van der Waals surface area contributed by atoms with Gasteiger partial charge in [0.25, 0.3) is 5.91 Å².